The van der Waals surface area contributed by atoms with Crippen LogP contribution in [0.1, 0.15) is 11.1 Å². The third kappa shape index (κ3) is 5.96. The predicted molar refractivity (Wildman–Crippen MR) is 139 cm³/mol. The molecule has 1 heterocycles. The van der Waals surface area contributed by atoms with Crippen molar-refractivity contribution >= 4 is 52.8 Å². The summed E-state index contributed by atoms with van der Waals surface area (Å²) in [6.45, 7) is 1.61. The van der Waals surface area contributed by atoms with Crippen molar-refractivity contribution in [3.05, 3.63) is 88.5 Å². The molecule has 37 heavy (non-hydrogen) atoms. The average Bonchev–Trinajstić information content (AvgIpc) is 2.87. The van der Waals surface area contributed by atoms with Crippen molar-refractivity contribution in [2.75, 3.05) is 23.9 Å². The number of hydrogen-bond acceptors (Lipinski definition) is 6. The number of barbiturate groups is 1. The smallest absolute Gasteiger partial charge is 0.335 e. The van der Waals surface area contributed by atoms with Crippen molar-refractivity contribution < 1.29 is 28.7 Å². The Bertz CT molecular complexity index is 1400. The van der Waals surface area contributed by atoms with Crippen LogP contribution in [-0.4, -0.2) is 37.5 Å². The molecule has 1 aliphatic rings. The number of urea groups is 1. The number of imide groups is 2. The summed E-state index contributed by atoms with van der Waals surface area (Å²) < 4.78 is 10.8. The van der Waals surface area contributed by atoms with Crippen LogP contribution < -0.4 is 25.0 Å². The van der Waals surface area contributed by atoms with Gasteiger partial charge in [-0.05, 0) is 67.6 Å². The van der Waals surface area contributed by atoms with Crippen molar-refractivity contribution in [2.45, 2.75) is 6.92 Å². The summed E-state index contributed by atoms with van der Waals surface area (Å²) in [6.07, 6.45) is 1.26. The number of carbonyl (C=O) groups is 4. The van der Waals surface area contributed by atoms with Crippen molar-refractivity contribution in [3.8, 4) is 11.5 Å². The molecule has 188 valence electrons. The number of benzene rings is 3. The van der Waals surface area contributed by atoms with E-state index in [1.165, 1.54) is 37.5 Å². The lowest BCUT2D eigenvalue weighted by Gasteiger charge is -2.26. The third-order valence-electron chi connectivity index (χ3n) is 5.40. The van der Waals surface area contributed by atoms with Crippen molar-refractivity contribution in [1.82, 2.24) is 5.32 Å². The van der Waals surface area contributed by atoms with E-state index in [9.17, 15) is 19.2 Å². The number of rotatable bonds is 7. The largest absolute Gasteiger partial charge is 0.497 e. The Morgan fingerprint density at radius 2 is 1.73 bits per heavy atom. The Morgan fingerprint density at radius 3 is 2.41 bits per heavy atom. The van der Waals surface area contributed by atoms with Crippen LogP contribution in [0.3, 0.4) is 0 Å². The number of halogens is 1. The maximum absolute atomic E-state index is 13.2. The van der Waals surface area contributed by atoms with Crippen LogP contribution in [-0.2, 0) is 14.4 Å². The first-order valence-electron chi connectivity index (χ1n) is 11.1. The minimum atomic E-state index is -0.882. The van der Waals surface area contributed by atoms with E-state index in [2.05, 4.69) is 10.6 Å². The van der Waals surface area contributed by atoms with Gasteiger partial charge in [0.2, 0.25) is 0 Å². The van der Waals surface area contributed by atoms with E-state index in [1.54, 1.807) is 30.3 Å². The van der Waals surface area contributed by atoms with E-state index >= 15 is 0 Å². The Morgan fingerprint density at radius 1 is 1.03 bits per heavy atom. The van der Waals surface area contributed by atoms with Crippen molar-refractivity contribution in [2.24, 2.45) is 0 Å². The topological polar surface area (TPSA) is 114 Å². The van der Waals surface area contributed by atoms with E-state index in [0.29, 0.717) is 16.5 Å². The van der Waals surface area contributed by atoms with Gasteiger partial charge in [0.15, 0.2) is 6.61 Å². The number of amides is 5. The predicted octanol–water partition coefficient (Wildman–Crippen LogP) is 4.34. The standard InChI is InChI=1S/C27H22ClN3O6/c1-16-3-6-19(7-4-16)29-24(32)15-37-23-12-5-18(28)13-17(23)14-22-25(33)30-27(35)31(26(22)34)20-8-10-21(36-2)11-9-20/h3-14H,15H2,1-2H3,(H,29,32)(H,30,33,35)/b22-14+. The lowest BCUT2D eigenvalue weighted by atomic mass is 10.1. The van der Waals surface area contributed by atoms with Crippen molar-refractivity contribution in [3.63, 3.8) is 0 Å². The molecule has 0 unspecified atom stereocenters. The summed E-state index contributed by atoms with van der Waals surface area (Å²) >= 11 is 6.14. The number of hydrogen-bond donors (Lipinski definition) is 2. The molecule has 2 N–H and O–H groups in total. The molecule has 3 aromatic carbocycles. The SMILES string of the molecule is COc1ccc(N2C(=O)NC(=O)/C(=C\c3cc(Cl)ccc3OCC(=O)Nc3ccc(C)cc3)C2=O)cc1. The number of nitrogens with zero attached hydrogens (tertiary/aromatic N) is 1. The number of carbonyl (C=O) groups excluding carboxylic acids is 4. The molecule has 0 saturated carbocycles. The van der Waals surface area contributed by atoms with Crippen LogP contribution in [0, 0.1) is 6.92 Å². The molecule has 0 radical (unpaired) electrons. The fraction of sp³-hybridized carbons (Fsp3) is 0.111. The number of anilines is 2. The van der Waals surface area contributed by atoms with Gasteiger partial charge in [-0.25, -0.2) is 9.69 Å². The van der Waals surface area contributed by atoms with Crippen LogP contribution in [0.5, 0.6) is 11.5 Å². The van der Waals surface area contributed by atoms with E-state index < -0.39 is 23.8 Å². The fourth-order valence-corrected chi connectivity index (χ4v) is 3.70. The normalized spacial score (nSPS) is 14.4. The zero-order valence-electron chi connectivity index (χ0n) is 19.9. The molecule has 9 nitrogen and oxygen atoms in total. The number of nitrogens with one attached hydrogen (secondary N) is 2. The highest BCUT2D eigenvalue weighted by Gasteiger charge is 2.37. The molecular weight excluding hydrogens is 498 g/mol. The highest BCUT2D eigenvalue weighted by Crippen LogP contribution is 2.28. The number of ether oxygens (including phenoxy) is 2. The van der Waals surface area contributed by atoms with Crippen LogP contribution in [0.25, 0.3) is 6.08 Å². The average molecular weight is 520 g/mol. The molecule has 1 aliphatic heterocycles. The third-order valence-corrected chi connectivity index (χ3v) is 5.63. The van der Waals surface area contributed by atoms with Gasteiger partial charge in [-0.15, -0.1) is 0 Å². The van der Waals surface area contributed by atoms with E-state index in [4.69, 9.17) is 21.1 Å². The van der Waals surface area contributed by atoms with Gasteiger partial charge < -0.3 is 14.8 Å². The monoisotopic (exact) mass is 519 g/mol. The Kier molecular flexibility index (Phi) is 7.55. The molecule has 1 fully saturated rings. The molecule has 1 saturated heterocycles. The summed E-state index contributed by atoms with van der Waals surface area (Å²) in [4.78, 5) is 51.5. The summed E-state index contributed by atoms with van der Waals surface area (Å²) in [5.74, 6) is -1.36. The molecule has 10 heteroatoms. The first-order chi connectivity index (χ1) is 17.7. The lowest BCUT2D eigenvalue weighted by Crippen LogP contribution is -2.54. The maximum atomic E-state index is 13.2. The molecule has 0 aliphatic carbocycles. The second kappa shape index (κ2) is 11.0. The quantitative estimate of drug-likeness (QED) is 0.354. The van der Waals surface area contributed by atoms with Gasteiger partial charge in [0.1, 0.15) is 17.1 Å². The van der Waals surface area contributed by atoms with Gasteiger partial charge in [0.25, 0.3) is 17.7 Å². The van der Waals surface area contributed by atoms with Gasteiger partial charge in [-0.2, -0.15) is 0 Å². The van der Waals surface area contributed by atoms with E-state index in [1.807, 2.05) is 19.1 Å². The minimum Gasteiger partial charge on any atom is -0.497 e. The maximum Gasteiger partial charge on any atom is 0.335 e. The van der Waals surface area contributed by atoms with E-state index in [0.717, 1.165) is 10.5 Å². The molecule has 0 spiro atoms. The first kappa shape index (κ1) is 25.5. The zero-order chi connectivity index (χ0) is 26.5. The van der Waals surface area contributed by atoms with Gasteiger partial charge in [0, 0.05) is 16.3 Å². The highest BCUT2D eigenvalue weighted by atomic mass is 35.5. The lowest BCUT2D eigenvalue weighted by molar-refractivity contribution is -0.122. The van der Waals surface area contributed by atoms with Gasteiger partial charge in [-0.3, -0.25) is 19.7 Å². The summed E-state index contributed by atoms with van der Waals surface area (Å²) in [7, 11) is 1.49. The minimum absolute atomic E-state index is 0.212. The van der Waals surface area contributed by atoms with Gasteiger partial charge in [0.05, 0.1) is 12.8 Å². The second-order valence-electron chi connectivity index (χ2n) is 8.04. The van der Waals surface area contributed by atoms with Crippen LogP contribution in [0.4, 0.5) is 16.2 Å². The molecule has 4 rings (SSSR count). The summed E-state index contributed by atoms with van der Waals surface area (Å²) in [5.41, 5.74) is 1.88. The molecule has 0 atom stereocenters. The second-order valence-corrected chi connectivity index (χ2v) is 8.48. The number of aryl methyl sites for hydroxylation is 1. The molecule has 0 aromatic heterocycles. The molecule has 0 bridgehead atoms. The summed E-state index contributed by atoms with van der Waals surface area (Å²) in [6, 6.07) is 17.2. The fourth-order valence-electron chi connectivity index (χ4n) is 3.52. The summed E-state index contributed by atoms with van der Waals surface area (Å²) in [5, 5.41) is 5.20. The molecule has 5 amide bonds. The molecule has 3 aromatic rings. The van der Waals surface area contributed by atoms with E-state index in [-0.39, 0.29) is 29.2 Å². The van der Waals surface area contributed by atoms with Crippen LogP contribution >= 0.6 is 11.6 Å². The first-order valence-corrected chi connectivity index (χ1v) is 11.5. The Labute approximate surface area is 217 Å². The molecular formula is C27H22ClN3O6. The van der Waals surface area contributed by atoms with Crippen molar-refractivity contribution in [1.29, 1.82) is 0 Å². The Hall–Kier alpha value is -4.63. The number of methoxy groups -OCH3 is 1. The van der Waals surface area contributed by atoms with Gasteiger partial charge >= 0.3 is 6.03 Å². The van der Waals surface area contributed by atoms with Crippen LogP contribution in [0.15, 0.2) is 72.3 Å². The zero-order valence-corrected chi connectivity index (χ0v) is 20.7. The highest BCUT2D eigenvalue weighted by molar-refractivity contribution is 6.39. The Balaban J connectivity index is 1.57. The van der Waals surface area contributed by atoms with Crippen LogP contribution in [0.2, 0.25) is 5.02 Å². The van der Waals surface area contributed by atoms with Gasteiger partial charge in [-0.1, -0.05) is 29.3 Å².